The summed E-state index contributed by atoms with van der Waals surface area (Å²) < 4.78 is 34.3. The molecule has 0 atom stereocenters. The van der Waals surface area contributed by atoms with E-state index in [1.807, 2.05) is 0 Å². The Kier molecular flexibility index (Phi) is 5.58. The van der Waals surface area contributed by atoms with Crippen LogP contribution in [0.3, 0.4) is 0 Å². The number of anilines is 1. The molecule has 0 saturated heterocycles. The van der Waals surface area contributed by atoms with Gasteiger partial charge in [-0.25, -0.2) is 12.4 Å². The minimum atomic E-state index is -4.00. The number of fused-ring (bicyclic) bond motifs is 1. The van der Waals surface area contributed by atoms with Crippen LogP contribution in [0.2, 0.25) is 0 Å². The van der Waals surface area contributed by atoms with Crippen molar-refractivity contribution < 1.29 is 22.7 Å². The minimum Gasteiger partial charge on any atom is -0.455 e. The fraction of sp³-hybridized carbons (Fsp3) is 0.304. The van der Waals surface area contributed by atoms with Gasteiger partial charge in [0.05, 0.1) is 10.6 Å². The topological polar surface area (TPSA) is 94.5 Å². The molecule has 0 aliphatic heterocycles. The fourth-order valence-corrected chi connectivity index (χ4v) is 6.12. The lowest BCUT2D eigenvalue weighted by Crippen LogP contribution is -2.35. The molecule has 3 aromatic rings. The average Bonchev–Trinajstić information content (AvgIpc) is 3.26. The Balaban J connectivity index is 1.88. The molecule has 31 heavy (non-hydrogen) atoms. The number of nitrogens with one attached hydrogen (secondary N) is 1. The summed E-state index contributed by atoms with van der Waals surface area (Å²) in [6.07, 6.45) is 5.38. The Labute approximate surface area is 181 Å². The van der Waals surface area contributed by atoms with Crippen molar-refractivity contribution in [3.8, 4) is 0 Å². The Morgan fingerprint density at radius 1 is 1.03 bits per heavy atom. The number of ether oxygens (including phenoxy) is 1. The number of aromatic nitrogens is 1. The maximum Gasteiger partial charge on any atom is 0.294 e. The minimum absolute atomic E-state index is 0.117. The van der Waals surface area contributed by atoms with E-state index in [0.717, 1.165) is 19.3 Å². The lowest BCUT2D eigenvalue weighted by Gasteiger charge is -2.36. The molecule has 1 amide bonds. The van der Waals surface area contributed by atoms with Crippen LogP contribution in [-0.2, 0) is 30.0 Å². The summed E-state index contributed by atoms with van der Waals surface area (Å²) in [5.41, 5.74) is 0.0415. The average molecular weight is 441 g/mol. The lowest BCUT2D eigenvalue weighted by molar-refractivity contribution is -0.149. The predicted molar refractivity (Wildman–Crippen MR) is 117 cm³/mol. The zero-order valence-electron chi connectivity index (χ0n) is 17.2. The van der Waals surface area contributed by atoms with Gasteiger partial charge in [0.2, 0.25) is 5.91 Å². The van der Waals surface area contributed by atoms with Crippen LogP contribution in [0.5, 0.6) is 0 Å². The quantitative estimate of drug-likeness (QED) is 0.581. The molecule has 4 rings (SSSR count). The molecule has 0 unspecified atom stereocenters. The van der Waals surface area contributed by atoms with Crippen LogP contribution < -0.4 is 5.32 Å². The number of hydrogen-bond acceptors (Lipinski definition) is 5. The molecule has 0 spiro atoms. The molecule has 1 heterocycles. The highest BCUT2D eigenvalue weighted by Crippen LogP contribution is 2.41. The van der Waals surface area contributed by atoms with E-state index in [-0.39, 0.29) is 10.8 Å². The molecule has 7 nitrogen and oxygen atoms in total. The maximum atomic E-state index is 13.8. The van der Waals surface area contributed by atoms with Gasteiger partial charge in [0, 0.05) is 29.6 Å². The van der Waals surface area contributed by atoms with Crippen molar-refractivity contribution >= 4 is 38.9 Å². The molecule has 0 radical (unpaired) electrons. The first-order valence-corrected chi connectivity index (χ1v) is 11.7. The van der Waals surface area contributed by atoms with Crippen LogP contribution in [0.15, 0.2) is 59.6 Å². The summed E-state index contributed by atoms with van der Waals surface area (Å²) in [5, 5.41) is 3.88. The zero-order valence-corrected chi connectivity index (χ0v) is 18.0. The van der Waals surface area contributed by atoms with Gasteiger partial charge < -0.3 is 10.1 Å². The van der Waals surface area contributed by atoms with Crippen molar-refractivity contribution in [1.82, 2.24) is 3.97 Å². The number of hydrogen-bond donors (Lipinski definition) is 1. The van der Waals surface area contributed by atoms with Crippen molar-refractivity contribution in [2.75, 3.05) is 5.32 Å². The van der Waals surface area contributed by atoms with Crippen LogP contribution in [0.1, 0.15) is 44.7 Å². The second-order valence-corrected chi connectivity index (χ2v) is 9.58. The smallest absolute Gasteiger partial charge is 0.294 e. The Hall–Kier alpha value is -3.13. The lowest BCUT2D eigenvalue weighted by atomic mass is 9.82. The molecule has 8 heteroatoms. The van der Waals surface area contributed by atoms with Gasteiger partial charge in [-0.3, -0.25) is 9.59 Å². The van der Waals surface area contributed by atoms with Crippen molar-refractivity contribution in [2.45, 2.75) is 49.5 Å². The standard InChI is InChI=1S/C23H24N2O5S/c1-17(27)24-20-10-5-9-19-18(20)8-6-11-21(19)31(28,29)25-15-7-12-22(25)23(30-16-26)13-3-2-4-14-23/h5-12,15-16H,2-4,13-14H2,1H3,(H,24,27). The molecule has 0 bridgehead atoms. The van der Waals surface area contributed by atoms with Crippen LogP contribution in [0, 0.1) is 0 Å². The largest absolute Gasteiger partial charge is 0.455 e. The molecule has 1 fully saturated rings. The van der Waals surface area contributed by atoms with Crippen molar-refractivity contribution in [3.63, 3.8) is 0 Å². The maximum absolute atomic E-state index is 13.8. The molecule has 1 aliphatic rings. The number of amides is 1. The highest BCUT2D eigenvalue weighted by molar-refractivity contribution is 7.90. The van der Waals surface area contributed by atoms with Crippen molar-refractivity contribution in [2.24, 2.45) is 0 Å². The van der Waals surface area contributed by atoms with Gasteiger partial charge in [-0.2, -0.15) is 0 Å². The van der Waals surface area contributed by atoms with Crippen molar-refractivity contribution in [3.05, 3.63) is 60.4 Å². The third kappa shape index (κ3) is 3.72. The molecule has 1 aliphatic carbocycles. The van der Waals surface area contributed by atoms with Crippen LogP contribution in [0.4, 0.5) is 5.69 Å². The molecule has 1 N–H and O–H groups in total. The Morgan fingerprint density at radius 3 is 2.45 bits per heavy atom. The summed E-state index contributed by atoms with van der Waals surface area (Å²) >= 11 is 0. The van der Waals surface area contributed by atoms with Gasteiger partial charge in [0.25, 0.3) is 16.5 Å². The first kappa shape index (κ1) is 21.1. The van der Waals surface area contributed by atoms with E-state index in [4.69, 9.17) is 4.74 Å². The molecule has 162 valence electrons. The van der Waals surface area contributed by atoms with Gasteiger partial charge >= 0.3 is 0 Å². The number of benzene rings is 2. The second kappa shape index (κ2) is 8.19. The van der Waals surface area contributed by atoms with Gasteiger partial charge in [0.1, 0.15) is 0 Å². The monoisotopic (exact) mass is 440 g/mol. The van der Waals surface area contributed by atoms with E-state index >= 15 is 0 Å². The van der Waals surface area contributed by atoms with E-state index in [0.29, 0.717) is 41.5 Å². The summed E-state index contributed by atoms with van der Waals surface area (Å²) in [7, 11) is -4.00. The van der Waals surface area contributed by atoms with E-state index < -0.39 is 15.6 Å². The van der Waals surface area contributed by atoms with E-state index in [1.165, 1.54) is 17.1 Å². The Bertz CT molecular complexity index is 1240. The zero-order chi connectivity index (χ0) is 22.1. The molecular weight excluding hydrogens is 416 g/mol. The molecule has 1 aromatic heterocycles. The normalized spacial score (nSPS) is 16.0. The predicted octanol–water partition coefficient (Wildman–Crippen LogP) is 4.17. The third-order valence-electron chi connectivity index (χ3n) is 5.84. The molecular formula is C23H24N2O5S. The number of carbonyl (C=O) groups is 2. The highest BCUT2D eigenvalue weighted by Gasteiger charge is 2.40. The second-order valence-electron chi connectivity index (χ2n) is 7.80. The molecule has 1 saturated carbocycles. The highest BCUT2D eigenvalue weighted by atomic mass is 32.2. The Morgan fingerprint density at radius 2 is 1.74 bits per heavy atom. The summed E-state index contributed by atoms with van der Waals surface area (Å²) in [4.78, 5) is 23.0. The van der Waals surface area contributed by atoms with Crippen LogP contribution >= 0.6 is 0 Å². The van der Waals surface area contributed by atoms with Gasteiger partial charge in [-0.1, -0.05) is 30.7 Å². The van der Waals surface area contributed by atoms with Crippen LogP contribution in [0.25, 0.3) is 10.8 Å². The van der Waals surface area contributed by atoms with E-state index in [1.54, 1.807) is 48.5 Å². The SMILES string of the molecule is CC(=O)Nc1cccc2c(S(=O)(=O)n3cccc3C3(OC=O)CCCCC3)cccc12. The fourth-order valence-electron chi connectivity index (χ4n) is 4.49. The van der Waals surface area contributed by atoms with E-state index in [9.17, 15) is 18.0 Å². The number of nitrogens with zero attached hydrogens (tertiary/aromatic N) is 1. The summed E-state index contributed by atoms with van der Waals surface area (Å²) in [6.45, 7) is 1.81. The van der Waals surface area contributed by atoms with Crippen LogP contribution in [-0.4, -0.2) is 24.8 Å². The first-order chi connectivity index (χ1) is 14.9. The summed E-state index contributed by atoms with van der Waals surface area (Å²) in [6, 6.07) is 13.5. The number of rotatable bonds is 6. The first-order valence-electron chi connectivity index (χ1n) is 10.2. The van der Waals surface area contributed by atoms with Crippen molar-refractivity contribution in [1.29, 1.82) is 0 Å². The number of carbonyl (C=O) groups excluding carboxylic acids is 2. The van der Waals surface area contributed by atoms with Gasteiger partial charge in [0.15, 0.2) is 5.60 Å². The van der Waals surface area contributed by atoms with E-state index in [2.05, 4.69) is 5.32 Å². The van der Waals surface area contributed by atoms with Gasteiger partial charge in [-0.05, 0) is 49.9 Å². The third-order valence-corrected chi connectivity index (χ3v) is 7.59. The molecule has 2 aromatic carbocycles. The van der Waals surface area contributed by atoms with Gasteiger partial charge in [-0.15, -0.1) is 0 Å². The summed E-state index contributed by atoms with van der Waals surface area (Å²) in [5.74, 6) is -0.237.